The summed E-state index contributed by atoms with van der Waals surface area (Å²) in [5.41, 5.74) is 1.66. The first-order chi connectivity index (χ1) is 12.9. The summed E-state index contributed by atoms with van der Waals surface area (Å²) in [7, 11) is 0. The Morgan fingerprint density at radius 1 is 1.30 bits per heavy atom. The van der Waals surface area contributed by atoms with Crippen molar-refractivity contribution in [1.82, 2.24) is 0 Å². The van der Waals surface area contributed by atoms with Crippen LogP contribution in [-0.2, 0) is 17.8 Å². The van der Waals surface area contributed by atoms with Gasteiger partial charge in [0.2, 0.25) is 0 Å². The third-order valence-corrected chi connectivity index (χ3v) is 5.33. The quantitative estimate of drug-likeness (QED) is 0.534. The number of ether oxygens (including phenoxy) is 1. The normalized spacial score (nSPS) is 10.9. The van der Waals surface area contributed by atoms with Crippen LogP contribution in [0.15, 0.2) is 50.1 Å². The largest absolute Gasteiger partial charge is 0.550 e. The molecule has 27 heavy (non-hydrogen) atoms. The number of halogens is 2. The van der Waals surface area contributed by atoms with Gasteiger partial charge in [-0.15, -0.1) is 0 Å². The van der Waals surface area contributed by atoms with Gasteiger partial charge in [0.1, 0.15) is 17.9 Å². The van der Waals surface area contributed by atoms with Crippen LogP contribution in [-0.4, -0.2) is 5.97 Å². The minimum absolute atomic E-state index is 0.0460. The summed E-state index contributed by atoms with van der Waals surface area (Å²) in [5, 5.41) is 11.7. The number of fused-ring (bicyclic) bond motifs is 1. The number of carbonyl (C=O) groups is 1. The zero-order valence-corrected chi connectivity index (χ0v) is 16.7. The Balaban J connectivity index is 1.94. The van der Waals surface area contributed by atoms with E-state index in [0.29, 0.717) is 39.5 Å². The average Bonchev–Trinajstić information content (AvgIpc) is 2.61. The van der Waals surface area contributed by atoms with Crippen LogP contribution in [0.4, 0.5) is 0 Å². The van der Waals surface area contributed by atoms with Crippen LogP contribution in [0.1, 0.15) is 23.1 Å². The zero-order chi connectivity index (χ0) is 19.6. The van der Waals surface area contributed by atoms with Gasteiger partial charge in [-0.3, -0.25) is 0 Å². The summed E-state index contributed by atoms with van der Waals surface area (Å²) < 4.78 is 12.1. The molecule has 2 aromatic carbocycles. The van der Waals surface area contributed by atoms with E-state index in [9.17, 15) is 14.7 Å². The lowest BCUT2D eigenvalue weighted by atomic mass is 10.0. The smallest absolute Gasteiger partial charge is 0.339 e. The molecular weight excluding hydrogens is 436 g/mol. The van der Waals surface area contributed by atoms with Crippen molar-refractivity contribution in [2.45, 2.75) is 26.4 Å². The Kier molecular flexibility index (Phi) is 5.87. The van der Waals surface area contributed by atoms with Crippen LogP contribution in [0.2, 0.25) is 5.02 Å². The molecule has 0 radical (unpaired) electrons. The highest BCUT2D eigenvalue weighted by atomic mass is 79.9. The standard InChI is InChI=1S/C20H16BrClO5/c1-11-13(6-7-19(23)24)20(25)27-17-9-18(16(22)8-14(11)17)26-10-12-4-2-3-5-15(12)21/h2-5,8-9H,6-7,10H2,1H3,(H,23,24)/p-1. The van der Waals surface area contributed by atoms with Crippen molar-refractivity contribution in [2.24, 2.45) is 0 Å². The van der Waals surface area contributed by atoms with E-state index in [0.717, 1.165) is 10.0 Å². The molecule has 0 unspecified atom stereocenters. The highest BCUT2D eigenvalue weighted by Gasteiger charge is 2.15. The lowest BCUT2D eigenvalue weighted by molar-refractivity contribution is -0.305. The molecule has 0 bridgehead atoms. The van der Waals surface area contributed by atoms with Crippen molar-refractivity contribution in [2.75, 3.05) is 0 Å². The van der Waals surface area contributed by atoms with Gasteiger partial charge in [-0.25, -0.2) is 4.79 Å². The van der Waals surface area contributed by atoms with Gasteiger partial charge in [-0.2, -0.15) is 0 Å². The van der Waals surface area contributed by atoms with Crippen molar-refractivity contribution in [3.63, 3.8) is 0 Å². The molecule has 3 rings (SSSR count). The van der Waals surface area contributed by atoms with Gasteiger partial charge in [0.05, 0.1) is 5.02 Å². The van der Waals surface area contributed by atoms with Crippen molar-refractivity contribution in [1.29, 1.82) is 0 Å². The third-order valence-electron chi connectivity index (χ3n) is 4.26. The van der Waals surface area contributed by atoms with Crippen molar-refractivity contribution in [3.8, 4) is 5.75 Å². The molecule has 1 heterocycles. The fraction of sp³-hybridized carbons (Fsp3) is 0.200. The maximum absolute atomic E-state index is 12.2. The Labute approximate surface area is 168 Å². The molecule has 0 fully saturated rings. The predicted molar refractivity (Wildman–Crippen MR) is 104 cm³/mol. The van der Waals surface area contributed by atoms with Crippen molar-refractivity contribution in [3.05, 3.63) is 73.0 Å². The molecule has 0 aliphatic rings. The van der Waals surface area contributed by atoms with Crippen LogP contribution < -0.4 is 15.5 Å². The van der Waals surface area contributed by atoms with E-state index in [-0.39, 0.29) is 12.8 Å². The summed E-state index contributed by atoms with van der Waals surface area (Å²) in [6.45, 7) is 2.03. The van der Waals surface area contributed by atoms with Crippen LogP contribution in [0.5, 0.6) is 5.75 Å². The summed E-state index contributed by atoms with van der Waals surface area (Å²) in [6, 6.07) is 10.9. The first kappa shape index (κ1) is 19.5. The highest BCUT2D eigenvalue weighted by molar-refractivity contribution is 9.10. The topological polar surface area (TPSA) is 79.6 Å². The predicted octanol–water partition coefficient (Wildman–Crippen LogP) is 3.78. The molecular formula is C20H15BrClO5-. The number of rotatable bonds is 6. The first-order valence-corrected chi connectivity index (χ1v) is 9.36. The second-order valence-electron chi connectivity index (χ2n) is 6.02. The Bertz CT molecular complexity index is 1070. The second-order valence-corrected chi connectivity index (χ2v) is 7.29. The minimum Gasteiger partial charge on any atom is -0.550 e. The molecule has 7 heteroatoms. The lowest BCUT2D eigenvalue weighted by Crippen LogP contribution is -2.24. The van der Waals surface area contributed by atoms with Crippen LogP contribution in [0, 0.1) is 6.92 Å². The first-order valence-electron chi connectivity index (χ1n) is 8.18. The average molecular weight is 451 g/mol. The van der Waals surface area contributed by atoms with Crippen LogP contribution >= 0.6 is 27.5 Å². The van der Waals surface area contributed by atoms with Crippen LogP contribution in [0.3, 0.4) is 0 Å². The molecule has 3 aromatic rings. The van der Waals surface area contributed by atoms with E-state index in [1.54, 1.807) is 19.1 Å². The molecule has 0 amide bonds. The van der Waals surface area contributed by atoms with Gasteiger partial charge in [0.15, 0.2) is 0 Å². The number of aryl methyl sites for hydroxylation is 1. The van der Waals surface area contributed by atoms with Gasteiger partial charge in [-0.1, -0.05) is 45.7 Å². The molecule has 0 aliphatic heterocycles. The maximum atomic E-state index is 12.2. The molecule has 5 nitrogen and oxygen atoms in total. The van der Waals surface area contributed by atoms with Crippen molar-refractivity contribution < 1.29 is 19.1 Å². The maximum Gasteiger partial charge on any atom is 0.339 e. The minimum atomic E-state index is -1.22. The SMILES string of the molecule is Cc1c(CCC(=O)[O-])c(=O)oc2cc(OCc3ccccc3Br)c(Cl)cc12. The molecule has 1 aromatic heterocycles. The fourth-order valence-electron chi connectivity index (χ4n) is 2.79. The molecule has 0 saturated heterocycles. The van der Waals surface area contributed by atoms with Gasteiger partial charge in [0, 0.05) is 33.0 Å². The Morgan fingerprint density at radius 3 is 2.74 bits per heavy atom. The van der Waals surface area contributed by atoms with E-state index in [1.165, 1.54) is 0 Å². The number of carboxylic acid groups (broad SMARTS) is 1. The number of benzene rings is 2. The van der Waals surface area contributed by atoms with E-state index in [1.807, 2.05) is 24.3 Å². The number of carboxylic acids is 1. The van der Waals surface area contributed by atoms with Gasteiger partial charge < -0.3 is 19.1 Å². The van der Waals surface area contributed by atoms with E-state index >= 15 is 0 Å². The van der Waals surface area contributed by atoms with Crippen molar-refractivity contribution >= 4 is 44.5 Å². The summed E-state index contributed by atoms with van der Waals surface area (Å²) in [5.74, 6) is -0.826. The molecule has 0 atom stereocenters. The van der Waals surface area contributed by atoms with Crippen LogP contribution in [0.25, 0.3) is 11.0 Å². The Morgan fingerprint density at radius 2 is 2.04 bits per heavy atom. The van der Waals surface area contributed by atoms with Gasteiger partial charge >= 0.3 is 5.63 Å². The molecule has 0 spiro atoms. The molecule has 0 aliphatic carbocycles. The van der Waals surface area contributed by atoms with E-state index < -0.39 is 11.6 Å². The summed E-state index contributed by atoms with van der Waals surface area (Å²) in [6.07, 6.45) is -0.206. The van der Waals surface area contributed by atoms with E-state index in [2.05, 4.69) is 15.9 Å². The summed E-state index contributed by atoms with van der Waals surface area (Å²) in [4.78, 5) is 22.9. The third kappa shape index (κ3) is 4.34. The number of hydrogen-bond donors (Lipinski definition) is 0. The zero-order valence-electron chi connectivity index (χ0n) is 14.4. The molecule has 0 N–H and O–H groups in total. The lowest BCUT2D eigenvalue weighted by Gasteiger charge is -2.12. The molecule has 0 saturated carbocycles. The monoisotopic (exact) mass is 449 g/mol. The second kappa shape index (κ2) is 8.15. The van der Waals surface area contributed by atoms with E-state index in [4.69, 9.17) is 20.8 Å². The number of carbonyl (C=O) groups excluding carboxylic acids is 1. The van der Waals surface area contributed by atoms with Gasteiger partial charge in [0.25, 0.3) is 0 Å². The highest BCUT2D eigenvalue weighted by Crippen LogP contribution is 2.33. The van der Waals surface area contributed by atoms with Gasteiger partial charge in [-0.05, 0) is 37.5 Å². The summed E-state index contributed by atoms with van der Waals surface area (Å²) >= 11 is 9.80. The molecule has 140 valence electrons. The number of aliphatic carboxylic acids is 1. The number of hydrogen-bond acceptors (Lipinski definition) is 5. The fourth-order valence-corrected chi connectivity index (χ4v) is 3.41. The Hall–Kier alpha value is -2.31.